The summed E-state index contributed by atoms with van der Waals surface area (Å²) in [5.41, 5.74) is 0.646. The zero-order valence-corrected chi connectivity index (χ0v) is 17.8. The molecule has 1 atom stereocenters. The molecule has 0 fully saturated rings. The van der Waals surface area contributed by atoms with Gasteiger partial charge >= 0.3 is 5.92 Å². The normalized spacial score (nSPS) is 13.8. The summed E-state index contributed by atoms with van der Waals surface area (Å²) in [6.45, 7) is -0.664. The Balaban J connectivity index is 1.53. The number of benzene rings is 2. The van der Waals surface area contributed by atoms with Gasteiger partial charge in [0.1, 0.15) is 5.75 Å². The van der Waals surface area contributed by atoms with Crippen LogP contribution in [0.5, 0.6) is 11.5 Å². The summed E-state index contributed by atoms with van der Waals surface area (Å²) in [4.78, 5) is 30.1. The quantitative estimate of drug-likeness (QED) is 0.587. The molecule has 0 saturated heterocycles. The number of hydrogen-bond acceptors (Lipinski definition) is 5. The number of para-hydroxylation sites is 1. The number of amides is 2. The van der Waals surface area contributed by atoms with Crippen LogP contribution in [0.25, 0.3) is 0 Å². The standard InChI is InChI=1S/C23H18ClF2N3O4/c24-15-8-9-19-17(11-15)29(13-14-5-1-2-7-18(14)33-19)20(30)12-28-22(32)23(25,26)21(31)16-6-3-4-10-27-16/h1-11,21,31H,12-13H2,(H,28,32). The summed E-state index contributed by atoms with van der Waals surface area (Å²) in [6.07, 6.45) is -1.25. The topological polar surface area (TPSA) is 91.8 Å². The zero-order chi connectivity index (χ0) is 23.6. The van der Waals surface area contributed by atoms with Crippen molar-refractivity contribution in [1.82, 2.24) is 10.3 Å². The number of aliphatic hydroxyl groups excluding tert-OH is 1. The number of aliphatic hydroxyl groups is 1. The predicted octanol–water partition coefficient (Wildman–Crippen LogP) is 3.86. The minimum absolute atomic E-state index is 0.0746. The number of halogens is 3. The van der Waals surface area contributed by atoms with E-state index in [9.17, 15) is 23.5 Å². The Kier molecular flexibility index (Phi) is 6.26. The van der Waals surface area contributed by atoms with E-state index in [1.165, 1.54) is 35.4 Å². The van der Waals surface area contributed by atoms with Gasteiger partial charge in [0, 0.05) is 16.8 Å². The second kappa shape index (κ2) is 9.13. The average molecular weight is 474 g/mol. The number of fused-ring (bicyclic) bond motifs is 2. The van der Waals surface area contributed by atoms with Crippen molar-refractivity contribution < 1.29 is 28.2 Å². The van der Waals surface area contributed by atoms with Gasteiger partial charge in [-0.2, -0.15) is 8.78 Å². The Hall–Kier alpha value is -3.56. The smallest absolute Gasteiger partial charge is 0.355 e. The zero-order valence-electron chi connectivity index (χ0n) is 17.0. The first-order chi connectivity index (χ1) is 15.8. The number of alkyl halides is 2. The van der Waals surface area contributed by atoms with Gasteiger partial charge in [-0.1, -0.05) is 35.9 Å². The summed E-state index contributed by atoms with van der Waals surface area (Å²) in [6, 6.07) is 15.8. The molecule has 7 nitrogen and oxygen atoms in total. The molecule has 0 spiro atoms. The highest BCUT2D eigenvalue weighted by atomic mass is 35.5. The Morgan fingerprint density at radius 1 is 1.15 bits per heavy atom. The van der Waals surface area contributed by atoms with Gasteiger partial charge in [-0.3, -0.25) is 14.6 Å². The number of nitrogens with zero attached hydrogens (tertiary/aromatic N) is 2. The van der Waals surface area contributed by atoms with Gasteiger partial charge in [-0.25, -0.2) is 0 Å². The van der Waals surface area contributed by atoms with Crippen molar-refractivity contribution in [1.29, 1.82) is 0 Å². The number of carbonyl (C=O) groups excluding carboxylic acids is 2. The number of carbonyl (C=O) groups is 2. The van der Waals surface area contributed by atoms with Crippen molar-refractivity contribution in [2.24, 2.45) is 0 Å². The number of hydrogen-bond donors (Lipinski definition) is 2. The molecule has 2 N–H and O–H groups in total. The molecule has 0 saturated carbocycles. The van der Waals surface area contributed by atoms with E-state index in [4.69, 9.17) is 16.3 Å². The van der Waals surface area contributed by atoms with Crippen molar-refractivity contribution in [3.05, 3.63) is 83.1 Å². The molecule has 2 amide bonds. The first-order valence-electron chi connectivity index (χ1n) is 9.88. The minimum Gasteiger partial charge on any atom is -0.455 e. The van der Waals surface area contributed by atoms with E-state index in [0.29, 0.717) is 27.8 Å². The fourth-order valence-electron chi connectivity index (χ4n) is 3.34. The molecule has 3 aromatic rings. The van der Waals surface area contributed by atoms with Crippen LogP contribution in [-0.4, -0.2) is 34.4 Å². The fourth-order valence-corrected chi connectivity index (χ4v) is 3.50. The van der Waals surface area contributed by atoms with Crippen molar-refractivity contribution >= 4 is 29.1 Å². The van der Waals surface area contributed by atoms with Gasteiger partial charge < -0.3 is 20.1 Å². The van der Waals surface area contributed by atoms with E-state index in [0.717, 1.165) is 0 Å². The van der Waals surface area contributed by atoms with Crippen molar-refractivity contribution in [3.8, 4) is 11.5 Å². The first kappa shape index (κ1) is 22.6. The van der Waals surface area contributed by atoms with Crippen LogP contribution in [0.15, 0.2) is 66.9 Å². The van der Waals surface area contributed by atoms with E-state index in [1.807, 2.05) is 5.32 Å². The highest BCUT2D eigenvalue weighted by molar-refractivity contribution is 6.31. The van der Waals surface area contributed by atoms with E-state index in [-0.39, 0.29) is 12.2 Å². The van der Waals surface area contributed by atoms with Crippen LogP contribution in [0.2, 0.25) is 5.02 Å². The predicted molar refractivity (Wildman–Crippen MR) is 116 cm³/mol. The lowest BCUT2D eigenvalue weighted by molar-refractivity contribution is -0.165. The maximum atomic E-state index is 14.5. The molecule has 2 heterocycles. The fraction of sp³-hybridized carbons (Fsp3) is 0.174. The number of rotatable bonds is 5. The number of nitrogens with one attached hydrogen (secondary N) is 1. The van der Waals surface area contributed by atoms with E-state index in [1.54, 1.807) is 36.4 Å². The number of anilines is 1. The SMILES string of the molecule is O=C(CNC(=O)C(F)(F)C(O)c1ccccn1)N1Cc2ccccc2Oc2ccc(Cl)cc21. The molecule has 1 aromatic heterocycles. The lowest BCUT2D eigenvalue weighted by atomic mass is 10.1. The summed E-state index contributed by atoms with van der Waals surface area (Å²) in [5, 5.41) is 12.2. The van der Waals surface area contributed by atoms with Crippen LogP contribution in [0.4, 0.5) is 14.5 Å². The number of aromatic nitrogens is 1. The Morgan fingerprint density at radius 3 is 2.67 bits per heavy atom. The molecule has 4 rings (SSSR count). The number of pyridine rings is 1. The van der Waals surface area contributed by atoms with E-state index in [2.05, 4.69) is 4.98 Å². The second-order valence-corrected chi connectivity index (χ2v) is 7.70. The molecule has 1 aliphatic rings. The monoisotopic (exact) mass is 473 g/mol. The highest BCUT2D eigenvalue weighted by Crippen LogP contribution is 2.40. The maximum Gasteiger partial charge on any atom is 0.355 e. The van der Waals surface area contributed by atoms with Gasteiger partial charge in [-0.05, 0) is 36.4 Å². The summed E-state index contributed by atoms with van der Waals surface area (Å²) in [7, 11) is 0. The van der Waals surface area contributed by atoms with Gasteiger partial charge in [0.15, 0.2) is 11.9 Å². The molecule has 0 radical (unpaired) electrons. The first-order valence-corrected chi connectivity index (χ1v) is 10.3. The van der Waals surface area contributed by atoms with Gasteiger partial charge in [-0.15, -0.1) is 0 Å². The summed E-state index contributed by atoms with van der Waals surface area (Å²) in [5.74, 6) is -5.79. The largest absolute Gasteiger partial charge is 0.455 e. The van der Waals surface area contributed by atoms with Gasteiger partial charge in [0.25, 0.3) is 5.91 Å². The third-order valence-corrected chi connectivity index (χ3v) is 5.28. The molecule has 2 aromatic carbocycles. The van der Waals surface area contributed by atoms with Crippen LogP contribution >= 0.6 is 11.6 Å². The molecule has 170 valence electrons. The minimum atomic E-state index is -4.20. The van der Waals surface area contributed by atoms with Crippen molar-refractivity contribution in [3.63, 3.8) is 0 Å². The summed E-state index contributed by atoms with van der Waals surface area (Å²) < 4.78 is 34.9. The average Bonchev–Trinajstić information content (AvgIpc) is 2.98. The van der Waals surface area contributed by atoms with Crippen molar-refractivity contribution in [2.75, 3.05) is 11.4 Å². The third-order valence-electron chi connectivity index (χ3n) is 5.05. The van der Waals surface area contributed by atoms with Crippen LogP contribution in [0.3, 0.4) is 0 Å². The molecular formula is C23H18ClF2N3O4. The van der Waals surface area contributed by atoms with E-state index < -0.39 is 30.4 Å². The molecule has 1 aliphatic heterocycles. The maximum absolute atomic E-state index is 14.5. The lowest BCUT2D eigenvalue weighted by Crippen LogP contribution is -2.48. The van der Waals surface area contributed by atoms with Crippen LogP contribution in [0.1, 0.15) is 17.4 Å². The van der Waals surface area contributed by atoms with Crippen LogP contribution < -0.4 is 15.0 Å². The summed E-state index contributed by atoms with van der Waals surface area (Å²) >= 11 is 6.10. The van der Waals surface area contributed by atoms with Crippen LogP contribution in [0, 0.1) is 0 Å². The molecule has 10 heteroatoms. The second-order valence-electron chi connectivity index (χ2n) is 7.26. The molecular weight excluding hydrogens is 456 g/mol. The Morgan fingerprint density at radius 2 is 1.91 bits per heavy atom. The van der Waals surface area contributed by atoms with Crippen molar-refractivity contribution in [2.45, 2.75) is 18.6 Å². The van der Waals surface area contributed by atoms with Gasteiger partial charge in [0.2, 0.25) is 5.91 Å². The third kappa shape index (κ3) is 4.64. The highest BCUT2D eigenvalue weighted by Gasteiger charge is 2.48. The Bertz CT molecular complexity index is 1190. The molecule has 0 bridgehead atoms. The number of ether oxygens (including phenoxy) is 1. The lowest BCUT2D eigenvalue weighted by Gasteiger charge is -2.24. The molecule has 0 aliphatic carbocycles. The van der Waals surface area contributed by atoms with E-state index >= 15 is 0 Å². The Labute approximate surface area is 192 Å². The molecule has 1 unspecified atom stereocenters. The van der Waals surface area contributed by atoms with Gasteiger partial charge in [0.05, 0.1) is 24.5 Å². The molecule has 33 heavy (non-hydrogen) atoms. The van der Waals surface area contributed by atoms with Crippen LogP contribution in [-0.2, 0) is 16.1 Å².